The number of halogens is 4. The molecule has 4 atom stereocenters. The van der Waals surface area contributed by atoms with Gasteiger partial charge in [-0.25, -0.2) is 23.1 Å². The van der Waals surface area contributed by atoms with Crippen LogP contribution in [0.2, 0.25) is 0 Å². The van der Waals surface area contributed by atoms with Gasteiger partial charge in [-0.1, -0.05) is 22.6 Å². The Kier molecular flexibility index (Phi) is 8.20. The highest BCUT2D eigenvalue weighted by Crippen LogP contribution is 2.36. The highest BCUT2D eigenvalue weighted by atomic mass is 127. The molecule has 1 aromatic carbocycles. The number of hydrogen-bond acceptors (Lipinski definition) is 6. The largest absolute Gasteiger partial charge is 0.480 e. The number of carbonyl (C=O) groups is 1. The molecule has 1 amide bonds. The van der Waals surface area contributed by atoms with Crippen molar-refractivity contribution in [3.05, 3.63) is 47.7 Å². The Morgan fingerprint density at radius 2 is 2.00 bits per heavy atom. The Hall–Kier alpha value is -2.64. The number of anilines is 1. The number of aromatic nitrogens is 2. The second kappa shape index (κ2) is 10.4. The summed E-state index contributed by atoms with van der Waals surface area (Å²) in [5.41, 5.74) is 5.10. The molecule has 162 valence electrons. The number of rotatable bonds is 8. The number of amidine groups is 1. The zero-order valence-electron chi connectivity index (χ0n) is 15.9. The molecule has 1 heterocycles. The molecule has 4 N–H and O–H groups in total. The molecule has 1 aromatic heterocycles. The minimum absolute atomic E-state index is 0.0164. The van der Waals surface area contributed by atoms with Crippen molar-refractivity contribution < 1.29 is 27.4 Å². The van der Waals surface area contributed by atoms with E-state index < -0.39 is 40.1 Å². The van der Waals surface area contributed by atoms with Crippen molar-refractivity contribution in [1.82, 2.24) is 9.97 Å². The fraction of sp³-hybridized carbons (Fsp3) is 0.333. The summed E-state index contributed by atoms with van der Waals surface area (Å²) in [4.78, 5) is 20.1. The maximum atomic E-state index is 14.9. The quantitative estimate of drug-likeness (QED) is 0.206. The van der Waals surface area contributed by atoms with Crippen LogP contribution in [0, 0.1) is 11.2 Å². The number of nitrogens with zero attached hydrogens (tertiary/aromatic N) is 2. The van der Waals surface area contributed by atoms with Crippen LogP contribution in [-0.4, -0.2) is 47.5 Å². The van der Waals surface area contributed by atoms with Crippen LogP contribution >= 0.6 is 22.6 Å². The molecule has 0 radical (unpaired) electrons. The van der Waals surface area contributed by atoms with E-state index in [0.717, 1.165) is 13.0 Å². The number of amides is 1. The summed E-state index contributed by atoms with van der Waals surface area (Å²) in [6.45, 7) is 1.05. The third kappa shape index (κ3) is 5.93. The molecule has 0 saturated heterocycles. The van der Waals surface area contributed by atoms with E-state index in [2.05, 4.69) is 15.3 Å². The van der Waals surface area contributed by atoms with Crippen LogP contribution < -0.4 is 15.8 Å². The van der Waals surface area contributed by atoms with Crippen molar-refractivity contribution >= 4 is 40.2 Å². The van der Waals surface area contributed by atoms with Crippen molar-refractivity contribution in [2.75, 3.05) is 12.4 Å². The van der Waals surface area contributed by atoms with Crippen LogP contribution in [0.3, 0.4) is 0 Å². The van der Waals surface area contributed by atoms with E-state index in [0.29, 0.717) is 0 Å². The van der Waals surface area contributed by atoms with Gasteiger partial charge in [-0.15, -0.1) is 0 Å². The number of nitrogens with two attached hydrogens (primary N) is 1. The average Bonchev–Trinajstić information content (AvgIpc) is 2.72. The van der Waals surface area contributed by atoms with Gasteiger partial charge in [0, 0.05) is 11.3 Å². The summed E-state index contributed by atoms with van der Waals surface area (Å²) < 4.78 is 51.3. The lowest BCUT2D eigenvalue weighted by atomic mass is 10.0. The van der Waals surface area contributed by atoms with Crippen LogP contribution in [0.1, 0.15) is 26.9 Å². The van der Waals surface area contributed by atoms with E-state index in [-0.39, 0.29) is 22.8 Å². The topological polar surface area (TPSA) is 123 Å². The molecule has 12 heteroatoms. The van der Waals surface area contributed by atoms with Crippen LogP contribution in [0.5, 0.6) is 5.88 Å². The van der Waals surface area contributed by atoms with Gasteiger partial charge < -0.3 is 20.5 Å². The highest BCUT2D eigenvalue weighted by Gasteiger charge is 2.36. The Morgan fingerprint density at radius 3 is 2.53 bits per heavy atom. The number of ether oxygens (including phenoxy) is 2. The monoisotopic (exact) mass is 537 g/mol. The SMILES string of the molecule is COc1cnc(C(=O)Nc2ccc(F)c(C(I)[C@@H](F)[C@H](OC(=N)N)[C@H](C)F)c2)cn1. The van der Waals surface area contributed by atoms with Crippen molar-refractivity contribution in [2.24, 2.45) is 5.73 Å². The fourth-order valence-electron chi connectivity index (χ4n) is 2.46. The van der Waals surface area contributed by atoms with Gasteiger partial charge in [-0.3, -0.25) is 10.2 Å². The van der Waals surface area contributed by atoms with E-state index >= 15 is 0 Å². The highest BCUT2D eigenvalue weighted by molar-refractivity contribution is 14.1. The summed E-state index contributed by atoms with van der Waals surface area (Å²) in [5.74, 6) is -1.16. The summed E-state index contributed by atoms with van der Waals surface area (Å²) in [6.07, 6.45) is -3.07. The first-order chi connectivity index (χ1) is 14.1. The Bertz CT molecular complexity index is 901. The molecule has 0 fully saturated rings. The predicted octanol–water partition coefficient (Wildman–Crippen LogP) is 3.33. The smallest absolute Gasteiger partial charge is 0.279 e. The van der Waals surface area contributed by atoms with Crippen molar-refractivity contribution in [3.63, 3.8) is 0 Å². The molecule has 2 rings (SSSR count). The third-order valence-corrected chi connectivity index (χ3v) is 5.29. The second-order valence-electron chi connectivity index (χ2n) is 6.10. The van der Waals surface area contributed by atoms with E-state index in [1.165, 1.54) is 31.6 Å². The third-order valence-electron chi connectivity index (χ3n) is 3.93. The first kappa shape index (κ1) is 23.6. The number of hydrogen-bond donors (Lipinski definition) is 3. The van der Waals surface area contributed by atoms with Crippen molar-refractivity contribution in [2.45, 2.75) is 29.3 Å². The van der Waals surface area contributed by atoms with E-state index in [9.17, 15) is 18.0 Å². The summed E-state index contributed by atoms with van der Waals surface area (Å²) in [5, 5.41) is 9.60. The zero-order valence-corrected chi connectivity index (χ0v) is 18.1. The van der Waals surface area contributed by atoms with Crippen LogP contribution in [-0.2, 0) is 4.74 Å². The summed E-state index contributed by atoms with van der Waals surface area (Å²) >= 11 is 1.60. The second-order valence-corrected chi connectivity index (χ2v) is 7.45. The molecular formula is C18H19F3IN5O3. The van der Waals surface area contributed by atoms with Crippen LogP contribution in [0.4, 0.5) is 18.9 Å². The number of nitrogens with one attached hydrogen (secondary N) is 2. The lowest BCUT2D eigenvalue weighted by Gasteiger charge is -2.26. The van der Waals surface area contributed by atoms with Crippen LogP contribution in [0.15, 0.2) is 30.6 Å². The van der Waals surface area contributed by atoms with Gasteiger partial charge >= 0.3 is 0 Å². The van der Waals surface area contributed by atoms with Crippen LogP contribution in [0.25, 0.3) is 0 Å². The first-order valence-corrected chi connectivity index (χ1v) is 9.78. The zero-order chi connectivity index (χ0) is 22.4. The molecule has 8 nitrogen and oxygen atoms in total. The lowest BCUT2D eigenvalue weighted by molar-refractivity contribution is 0.0277. The Labute approximate surface area is 184 Å². The van der Waals surface area contributed by atoms with Gasteiger partial charge in [0.2, 0.25) is 5.88 Å². The van der Waals surface area contributed by atoms with Gasteiger partial charge in [-0.05, 0) is 25.1 Å². The standard InChI is InChI=1S/C18H19F3IN5O3/c1-8(19)16(30-18(23)24)14(21)15(22)10-5-9(3-4-11(10)20)27-17(28)12-6-26-13(29-2)7-25-12/h3-8,14-16H,1-2H3,(H3,23,24)(H,27,28)/t8-,14+,15?,16+/m0/s1. The number of methoxy groups -OCH3 is 1. The first-order valence-electron chi connectivity index (χ1n) is 8.53. The Balaban J connectivity index is 2.22. The van der Waals surface area contributed by atoms with E-state index in [1.54, 1.807) is 22.6 Å². The van der Waals surface area contributed by atoms with Gasteiger partial charge in [0.25, 0.3) is 11.9 Å². The van der Waals surface area contributed by atoms with Gasteiger partial charge in [0.05, 0.1) is 23.4 Å². The molecule has 0 spiro atoms. The molecule has 30 heavy (non-hydrogen) atoms. The Morgan fingerprint density at radius 1 is 1.30 bits per heavy atom. The molecule has 0 aliphatic heterocycles. The minimum atomic E-state index is -2.03. The van der Waals surface area contributed by atoms with Gasteiger partial charge in [0.15, 0.2) is 12.3 Å². The lowest BCUT2D eigenvalue weighted by Crippen LogP contribution is -2.39. The normalized spacial score (nSPS) is 14.9. The fourth-order valence-corrected chi connectivity index (χ4v) is 3.35. The van der Waals surface area contributed by atoms with Gasteiger partial charge in [0.1, 0.15) is 17.7 Å². The molecular weight excluding hydrogens is 518 g/mol. The summed E-state index contributed by atoms with van der Waals surface area (Å²) in [6, 6.07) is 2.70. The van der Waals surface area contributed by atoms with E-state index in [4.69, 9.17) is 20.6 Å². The molecule has 0 aliphatic carbocycles. The minimum Gasteiger partial charge on any atom is -0.480 e. The predicted molar refractivity (Wildman–Crippen MR) is 112 cm³/mol. The molecule has 2 aromatic rings. The molecule has 1 unspecified atom stereocenters. The van der Waals surface area contributed by atoms with Gasteiger partial charge in [-0.2, -0.15) is 0 Å². The maximum absolute atomic E-state index is 14.9. The molecule has 0 bridgehead atoms. The number of carbonyl (C=O) groups excluding carboxylic acids is 1. The maximum Gasteiger partial charge on any atom is 0.279 e. The number of benzene rings is 1. The van der Waals surface area contributed by atoms with Crippen molar-refractivity contribution in [1.29, 1.82) is 5.41 Å². The summed E-state index contributed by atoms with van der Waals surface area (Å²) in [7, 11) is 1.40. The van der Waals surface area contributed by atoms with Crippen molar-refractivity contribution in [3.8, 4) is 5.88 Å². The number of alkyl halides is 3. The molecule has 0 aliphatic rings. The molecule has 0 saturated carbocycles. The average molecular weight is 537 g/mol. The van der Waals surface area contributed by atoms with E-state index in [1.807, 2.05) is 0 Å².